The van der Waals surface area contributed by atoms with Gasteiger partial charge in [-0.1, -0.05) is 35.0 Å². The van der Waals surface area contributed by atoms with Crippen molar-refractivity contribution in [1.29, 1.82) is 0 Å². The van der Waals surface area contributed by atoms with E-state index in [-0.39, 0.29) is 5.41 Å². The maximum absolute atomic E-state index is 12.7. The number of hydrogen-bond acceptors (Lipinski definition) is 3. The normalized spacial score (nSPS) is 11.8. The second kappa shape index (κ2) is 4.52. The van der Waals surface area contributed by atoms with Crippen LogP contribution in [0.4, 0.5) is 4.39 Å². The molecule has 0 saturated heterocycles. The van der Waals surface area contributed by atoms with Crippen LogP contribution in [0.25, 0.3) is 5.69 Å². The maximum Gasteiger partial charge on any atom is 0.212 e. The molecule has 0 spiro atoms. The fraction of sp³-hybridized carbons (Fsp3) is 0.364. The molecule has 0 fully saturated rings. The number of nitrogens with zero attached hydrogens (tertiary/aromatic N) is 4. The first kappa shape index (κ1) is 12.2. The minimum atomic E-state index is -0.505. The lowest BCUT2D eigenvalue weighted by Crippen LogP contribution is -2.19. The molecular weight excluding hydrogens is 287 g/mol. The summed E-state index contributed by atoms with van der Waals surface area (Å²) in [7, 11) is 0. The van der Waals surface area contributed by atoms with Crippen LogP contribution in [0.3, 0.4) is 0 Å². The van der Waals surface area contributed by atoms with Crippen LogP contribution in [-0.2, 0) is 5.41 Å². The lowest BCUT2D eigenvalue weighted by molar-refractivity contribution is 0.581. The molecule has 0 amide bonds. The van der Waals surface area contributed by atoms with Gasteiger partial charge in [-0.2, -0.15) is 4.39 Å². The molecule has 17 heavy (non-hydrogen) atoms. The zero-order chi connectivity index (χ0) is 12.5. The monoisotopic (exact) mass is 298 g/mol. The molecule has 2 aromatic rings. The zero-order valence-corrected chi connectivity index (χ0v) is 11.1. The van der Waals surface area contributed by atoms with E-state index in [0.29, 0.717) is 5.69 Å². The van der Waals surface area contributed by atoms with Gasteiger partial charge in [0.05, 0.1) is 23.8 Å². The highest BCUT2D eigenvalue weighted by Gasteiger charge is 2.22. The highest BCUT2D eigenvalue weighted by molar-refractivity contribution is 9.09. The Morgan fingerprint density at radius 2 is 2.18 bits per heavy atom. The molecule has 2 rings (SSSR count). The minimum Gasteiger partial charge on any atom is -0.226 e. The van der Waals surface area contributed by atoms with E-state index in [2.05, 4.69) is 45.1 Å². The number of rotatable bonds is 3. The summed E-state index contributed by atoms with van der Waals surface area (Å²) >= 11 is 3.44. The summed E-state index contributed by atoms with van der Waals surface area (Å²) in [4.78, 5) is 3.58. The molecule has 0 radical (unpaired) electrons. The molecule has 6 heteroatoms. The van der Waals surface area contributed by atoms with Crippen LogP contribution in [-0.4, -0.2) is 25.3 Å². The first-order valence-electron chi connectivity index (χ1n) is 5.14. The van der Waals surface area contributed by atoms with E-state index in [1.807, 2.05) is 6.20 Å². The van der Waals surface area contributed by atoms with E-state index in [1.54, 1.807) is 10.7 Å². The number of aromatic nitrogens is 4. The minimum absolute atomic E-state index is 0.0916. The SMILES string of the molecule is CC(C)(CBr)c1cn(-c2ccc(F)nc2)nn1. The van der Waals surface area contributed by atoms with Gasteiger partial charge in [-0.05, 0) is 12.1 Å². The molecule has 4 nitrogen and oxygen atoms in total. The Balaban J connectivity index is 2.33. The van der Waals surface area contributed by atoms with Gasteiger partial charge in [-0.3, -0.25) is 0 Å². The van der Waals surface area contributed by atoms with E-state index in [4.69, 9.17) is 0 Å². The largest absolute Gasteiger partial charge is 0.226 e. The molecule has 0 atom stereocenters. The lowest BCUT2D eigenvalue weighted by Gasteiger charge is -2.17. The van der Waals surface area contributed by atoms with Crippen LogP contribution in [0.2, 0.25) is 0 Å². The van der Waals surface area contributed by atoms with Crippen LogP contribution >= 0.6 is 15.9 Å². The first-order valence-corrected chi connectivity index (χ1v) is 6.26. The summed E-state index contributed by atoms with van der Waals surface area (Å²) in [5.41, 5.74) is 1.47. The Morgan fingerprint density at radius 1 is 1.41 bits per heavy atom. The zero-order valence-electron chi connectivity index (χ0n) is 9.56. The quantitative estimate of drug-likeness (QED) is 0.646. The summed E-state index contributed by atoms with van der Waals surface area (Å²) < 4.78 is 14.3. The highest BCUT2D eigenvalue weighted by Crippen LogP contribution is 2.23. The summed E-state index contributed by atoms with van der Waals surface area (Å²) in [5.74, 6) is -0.505. The van der Waals surface area contributed by atoms with Gasteiger partial charge in [0.2, 0.25) is 5.95 Å². The van der Waals surface area contributed by atoms with Crippen LogP contribution in [0.5, 0.6) is 0 Å². The van der Waals surface area contributed by atoms with E-state index in [1.165, 1.54) is 12.3 Å². The second-order valence-corrected chi connectivity index (χ2v) is 4.97. The van der Waals surface area contributed by atoms with E-state index in [9.17, 15) is 4.39 Å². The van der Waals surface area contributed by atoms with Crippen molar-refractivity contribution in [2.24, 2.45) is 0 Å². The van der Waals surface area contributed by atoms with Gasteiger partial charge in [0, 0.05) is 10.7 Å². The average molecular weight is 299 g/mol. The average Bonchev–Trinajstić information content (AvgIpc) is 2.80. The molecule has 0 aliphatic rings. The number of hydrogen-bond donors (Lipinski definition) is 0. The van der Waals surface area contributed by atoms with Gasteiger partial charge in [0.25, 0.3) is 0 Å². The third kappa shape index (κ3) is 2.52. The van der Waals surface area contributed by atoms with Crippen molar-refractivity contribution in [3.63, 3.8) is 0 Å². The van der Waals surface area contributed by atoms with Crippen molar-refractivity contribution in [1.82, 2.24) is 20.0 Å². The molecule has 0 saturated carbocycles. The Hall–Kier alpha value is -1.30. The Labute approximate surface area is 107 Å². The van der Waals surface area contributed by atoms with Gasteiger partial charge in [-0.15, -0.1) is 5.10 Å². The standard InChI is InChI=1S/C11H12BrFN4/c1-11(2,7-12)9-6-17(16-15-9)8-3-4-10(13)14-5-8/h3-6H,7H2,1-2H3. The molecule has 0 aliphatic carbocycles. The maximum atomic E-state index is 12.7. The summed E-state index contributed by atoms with van der Waals surface area (Å²) in [6.07, 6.45) is 3.26. The third-order valence-electron chi connectivity index (χ3n) is 2.50. The van der Waals surface area contributed by atoms with E-state index >= 15 is 0 Å². The van der Waals surface area contributed by atoms with Crippen LogP contribution < -0.4 is 0 Å². The second-order valence-electron chi connectivity index (χ2n) is 4.40. The number of alkyl halides is 1. The molecule has 2 aromatic heterocycles. The van der Waals surface area contributed by atoms with E-state index < -0.39 is 5.95 Å². The molecule has 90 valence electrons. The van der Waals surface area contributed by atoms with Crippen LogP contribution in [0, 0.1) is 5.95 Å². The fourth-order valence-corrected chi connectivity index (χ4v) is 1.56. The molecule has 0 N–H and O–H groups in total. The van der Waals surface area contributed by atoms with Crippen molar-refractivity contribution in [3.05, 3.63) is 36.2 Å². The van der Waals surface area contributed by atoms with Crippen LogP contribution in [0.1, 0.15) is 19.5 Å². The van der Waals surface area contributed by atoms with Crippen molar-refractivity contribution in [2.45, 2.75) is 19.3 Å². The fourth-order valence-electron chi connectivity index (χ4n) is 1.27. The van der Waals surface area contributed by atoms with Gasteiger partial charge < -0.3 is 0 Å². The molecule has 0 aliphatic heterocycles. The smallest absolute Gasteiger partial charge is 0.212 e. The van der Waals surface area contributed by atoms with Gasteiger partial charge in [-0.25, -0.2) is 9.67 Å². The molecule has 0 unspecified atom stereocenters. The molecule has 2 heterocycles. The lowest BCUT2D eigenvalue weighted by atomic mass is 9.93. The summed E-state index contributed by atoms with van der Waals surface area (Å²) in [6, 6.07) is 2.91. The van der Waals surface area contributed by atoms with Gasteiger partial charge in [0.15, 0.2) is 0 Å². The Morgan fingerprint density at radius 3 is 2.76 bits per heavy atom. The van der Waals surface area contributed by atoms with Crippen molar-refractivity contribution >= 4 is 15.9 Å². The Bertz CT molecular complexity index is 506. The summed E-state index contributed by atoms with van der Waals surface area (Å²) in [6.45, 7) is 4.14. The van der Waals surface area contributed by atoms with Crippen molar-refractivity contribution in [2.75, 3.05) is 5.33 Å². The highest BCUT2D eigenvalue weighted by atomic mass is 79.9. The topological polar surface area (TPSA) is 43.6 Å². The van der Waals surface area contributed by atoms with Crippen molar-refractivity contribution < 1.29 is 4.39 Å². The molecular formula is C11H12BrFN4. The molecule has 0 bridgehead atoms. The Kier molecular flexibility index (Phi) is 3.24. The van der Waals surface area contributed by atoms with Gasteiger partial charge in [0.1, 0.15) is 0 Å². The third-order valence-corrected chi connectivity index (χ3v) is 3.90. The number of halogens is 2. The van der Waals surface area contributed by atoms with Crippen LogP contribution in [0.15, 0.2) is 24.5 Å². The first-order chi connectivity index (χ1) is 8.03. The van der Waals surface area contributed by atoms with E-state index in [0.717, 1.165) is 11.0 Å². The predicted molar refractivity (Wildman–Crippen MR) is 65.9 cm³/mol. The predicted octanol–water partition coefficient (Wildman–Crippen LogP) is 2.47. The van der Waals surface area contributed by atoms with Gasteiger partial charge >= 0.3 is 0 Å². The van der Waals surface area contributed by atoms with Crippen molar-refractivity contribution in [3.8, 4) is 5.69 Å². The number of pyridine rings is 1. The molecule has 0 aromatic carbocycles. The summed E-state index contributed by atoms with van der Waals surface area (Å²) in [5, 5.41) is 8.92.